The van der Waals surface area contributed by atoms with Crippen LogP contribution in [-0.4, -0.2) is 30.1 Å². The van der Waals surface area contributed by atoms with Gasteiger partial charge in [0.05, 0.1) is 31.3 Å². The van der Waals surface area contributed by atoms with Crippen LogP contribution in [0.2, 0.25) is 0 Å². The largest absolute Gasteiger partial charge is 0.493 e. The van der Waals surface area contributed by atoms with E-state index in [9.17, 15) is 4.79 Å². The maximum absolute atomic E-state index is 13.1. The Morgan fingerprint density at radius 3 is 2.61 bits per heavy atom. The van der Waals surface area contributed by atoms with Crippen LogP contribution in [0, 0.1) is 0 Å². The van der Waals surface area contributed by atoms with Gasteiger partial charge < -0.3 is 9.47 Å². The molecule has 0 saturated carbocycles. The number of benzene rings is 2. The number of halogens is 1. The number of hydrogen-bond donors (Lipinski definition) is 0. The second-order valence-corrected chi connectivity index (χ2v) is 7.33. The van der Waals surface area contributed by atoms with E-state index in [1.807, 2.05) is 25.1 Å². The molecule has 0 fully saturated rings. The maximum Gasteiger partial charge on any atom is 0.282 e. The highest BCUT2D eigenvalue weighted by Crippen LogP contribution is 2.27. The van der Waals surface area contributed by atoms with Gasteiger partial charge in [0.1, 0.15) is 5.82 Å². The Bertz CT molecular complexity index is 1090. The molecule has 28 heavy (non-hydrogen) atoms. The summed E-state index contributed by atoms with van der Waals surface area (Å²) in [6, 6.07) is 11.0. The second kappa shape index (κ2) is 8.56. The van der Waals surface area contributed by atoms with Crippen molar-refractivity contribution >= 4 is 33.0 Å². The Morgan fingerprint density at radius 2 is 1.93 bits per heavy atom. The summed E-state index contributed by atoms with van der Waals surface area (Å²) < 4.78 is 12.8. The number of aromatic nitrogens is 2. The summed E-state index contributed by atoms with van der Waals surface area (Å²) in [7, 11) is 3.16. The summed E-state index contributed by atoms with van der Waals surface area (Å²) in [5, 5.41) is 4.98. The zero-order chi connectivity index (χ0) is 20.3. The molecule has 0 spiro atoms. The van der Waals surface area contributed by atoms with E-state index >= 15 is 0 Å². The standard InChI is InChI=1S/C21H22BrN3O3/c1-5-13(2)20-24-17-8-7-15(22)11-16(17)21(26)25(20)23-12-14-6-9-18(27-3)19(10-14)28-4/h6-13H,5H2,1-4H3/t13-/m0/s1. The van der Waals surface area contributed by atoms with Crippen LogP contribution in [0.3, 0.4) is 0 Å². The van der Waals surface area contributed by atoms with E-state index in [-0.39, 0.29) is 11.5 Å². The lowest BCUT2D eigenvalue weighted by molar-refractivity contribution is 0.355. The highest BCUT2D eigenvalue weighted by Gasteiger charge is 2.15. The van der Waals surface area contributed by atoms with Gasteiger partial charge in [-0.05, 0) is 48.4 Å². The molecule has 3 rings (SSSR count). The highest BCUT2D eigenvalue weighted by molar-refractivity contribution is 9.10. The number of fused-ring (bicyclic) bond motifs is 1. The topological polar surface area (TPSA) is 65.7 Å². The van der Waals surface area contributed by atoms with Crippen molar-refractivity contribution < 1.29 is 9.47 Å². The molecule has 0 saturated heterocycles. The molecule has 3 aromatic rings. The van der Waals surface area contributed by atoms with Gasteiger partial charge in [0, 0.05) is 10.4 Å². The minimum absolute atomic E-state index is 0.0864. The third-order valence-electron chi connectivity index (χ3n) is 4.62. The van der Waals surface area contributed by atoms with Crippen LogP contribution in [0.15, 0.2) is 50.8 Å². The zero-order valence-electron chi connectivity index (χ0n) is 16.3. The van der Waals surface area contributed by atoms with Crippen molar-refractivity contribution in [2.24, 2.45) is 5.10 Å². The smallest absolute Gasteiger partial charge is 0.282 e. The first-order chi connectivity index (χ1) is 13.5. The molecule has 1 aromatic heterocycles. The first-order valence-electron chi connectivity index (χ1n) is 8.97. The predicted molar refractivity (Wildman–Crippen MR) is 115 cm³/mol. The van der Waals surface area contributed by atoms with E-state index in [2.05, 4.69) is 28.0 Å². The quantitative estimate of drug-likeness (QED) is 0.523. The van der Waals surface area contributed by atoms with Crippen molar-refractivity contribution in [2.75, 3.05) is 14.2 Å². The van der Waals surface area contributed by atoms with E-state index in [1.54, 1.807) is 38.6 Å². The van der Waals surface area contributed by atoms with Gasteiger partial charge in [0.15, 0.2) is 11.5 Å². The summed E-state index contributed by atoms with van der Waals surface area (Å²) >= 11 is 3.42. The van der Waals surface area contributed by atoms with Crippen molar-refractivity contribution in [2.45, 2.75) is 26.2 Å². The van der Waals surface area contributed by atoms with Gasteiger partial charge in [0.25, 0.3) is 5.56 Å². The first-order valence-corrected chi connectivity index (χ1v) is 9.76. The van der Waals surface area contributed by atoms with Crippen molar-refractivity contribution in [3.63, 3.8) is 0 Å². The fourth-order valence-electron chi connectivity index (χ4n) is 2.84. The van der Waals surface area contributed by atoms with E-state index < -0.39 is 0 Å². The monoisotopic (exact) mass is 443 g/mol. The molecule has 146 valence electrons. The van der Waals surface area contributed by atoms with Crippen LogP contribution in [0.25, 0.3) is 10.9 Å². The SMILES string of the molecule is CC[C@H](C)c1nc2ccc(Br)cc2c(=O)n1N=Cc1ccc(OC)c(OC)c1. The van der Waals surface area contributed by atoms with Gasteiger partial charge >= 0.3 is 0 Å². The lowest BCUT2D eigenvalue weighted by Gasteiger charge is -2.14. The lowest BCUT2D eigenvalue weighted by atomic mass is 10.1. The van der Waals surface area contributed by atoms with Gasteiger partial charge in [-0.15, -0.1) is 0 Å². The van der Waals surface area contributed by atoms with Crippen LogP contribution >= 0.6 is 15.9 Å². The molecule has 2 aromatic carbocycles. The molecular formula is C21H22BrN3O3. The van der Waals surface area contributed by atoms with Crippen molar-refractivity contribution in [3.05, 3.63) is 62.6 Å². The first kappa shape index (κ1) is 20.1. The number of rotatable bonds is 6. The summed E-state index contributed by atoms with van der Waals surface area (Å²) in [5.41, 5.74) is 1.26. The molecule has 0 radical (unpaired) electrons. The van der Waals surface area contributed by atoms with E-state index in [0.717, 1.165) is 16.5 Å². The van der Waals surface area contributed by atoms with Crippen molar-refractivity contribution in [1.82, 2.24) is 9.66 Å². The molecule has 0 N–H and O–H groups in total. The Labute approximate surface area is 171 Å². The van der Waals surface area contributed by atoms with Crippen LogP contribution in [0.5, 0.6) is 11.5 Å². The number of methoxy groups -OCH3 is 2. The summed E-state index contributed by atoms with van der Waals surface area (Å²) in [6.45, 7) is 4.10. The Morgan fingerprint density at radius 1 is 1.18 bits per heavy atom. The molecule has 6 nitrogen and oxygen atoms in total. The number of nitrogens with zero attached hydrogens (tertiary/aromatic N) is 3. The number of ether oxygens (including phenoxy) is 2. The fourth-order valence-corrected chi connectivity index (χ4v) is 3.20. The molecule has 0 bridgehead atoms. The Hall–Kier alpha value is -2.67. The van der Waals surface area contributed by atoms with E-state index in [0.29, 0.717) is 28.2 Å². The molecule has 0 aliphatic rings. The fraction of sp³-hybridized carbons (Fsp3) is 0.286. The Balaban J connectivity index is 2.14. The molecule has 0 unspecified atom stereocenters. The third-order valence-corrected chi connectivity index (χ3v) is 5.11. The van der Waals surface area contributed by atoms with Gasteiger partial charge in [-0.1, -0.05) is 29.8 Å². The minimum Gasteiger partial charge on any atom is -0.493 e. The molecule has 0 aliphatic heterocycles. The van der Waals surface area contributed by atoms with E-state index in [1.165, 1.54) is 4.68 Å². The third kappa shape index (κ3) is 3.94. The Kier molecular flexibility index (Phi) is 6.14. The average Bonchev–Trinajstić information content (AvgIpc) is 2.72. The normalized spacial score (nSPS) is 12.5. The molecule has 0 amide bonds. The predicted octanol–water partition coefficient (Wildman–Crippen LogP) is 4.57. The summed E-state index contributed by atoms with van der Waals surface area (Å²) in [5.74, 6) is 1.96. The van der Waals surface area contributed by atoms with Crippen LogP contribution in [-0.2, 0) is 0 Å². The zero-order valence-corrected chi connectivity index (χ0v) is 17.9. The van der Waals surface area contributed by atoms with Gasteiger partial charge in [-0.3, -0.25) is 4.79 Å². The van der Waals surface area contributed by atoms with Gasteiger partial charge in [0.2, 0.25) is 0 Å². The van der Waals surface area contributed by atoms with Gasteiger partial charge in [-0.2, -0.15) is 9.78 Å². The van der Waals surface area contributed by atoms with Gasteiger partial charge in [-0.25, -0.2) is 4.98 Å². The van der Waals surface area contributed by atoms with Crippen LogP contribution in [0.1, 0.15) is 37.6 Å². The molecule has 1 atom stereocenters. The number of hydrogen-bond acceptors (Lipinski definition) is 5. The lowest BCUT2D eigenvalue weighted by Crippen LogP contribution is -2.23. The highest BCUT2D eigenvalue weighted by atomic mass is 79.9. The minimum atomic E-state index is -0.196. The van der Waals surface area contributed by atoms with Crippen LogP contribution in [0.4, 0.5) is 0 Å². The average molecular weight is 444 g/mol. The molecular weight excluding hydrogens is 422 g/mol. The van der Waals surface area contributed by atoms with Crippen LogP contribution < -0.4 is 15.0 Å². The van der Waals surface area contributed by atoms with Crippen molar-refractivity contribution in [1.29, 1.82) is 0 Å². The summed E-state index contributed by atoms with van der Waals surface area (Å²) in [6.07, 6.45) is 2.47. The molecule has 0 aliphatic carbocycles. The second-order valence-electron chi connectivity index (χ2n) is 6.42. The molecule has 7 heteroatoms. The van der Waals surface area contributed by atoms with Crippen molar-refractivity contribution in [3.8, 4) is 11.5 Å². The maximum atomic E-state index is 13.1. The van der Waals surface area contributed by atoms with E-state index in [4.69, 9.17) is 14.5 Å². The summed E-state index contributed by atoms with van der Waals surface area (Å²) in [4.78, 5) is 17.8. The molecule has 1 heterocycles.